The van der Waals surface area contributed by atoms with Crippen LogP contribution in [-0.2, 0) is 15.9 Å². The summed E-state index contributed by atoms with van der Waals surface area (Å²) in [7, 11) is 1.35. The Morgan fingerprint density at radius 3 is 2.32 bits per heavy atom. The number of hydrogen-bond donors (Lipinski definition) is 1. The molecule has 0 aliphatic rings. The highest BCUT2D eigenvalue weighted by Gasteiger charge is 2.25. The van der Waals surface area contributed by atoms with Crippen LogP contribution in [0.1, 0.15) is 50.5 Å². The SMILES string of the molecule is COC(=O)c1cccc(CC(C)(C)NC(=O)OC(C)(C)C)c1. The van der Waals surface area contributed by atoms with Crippen LogP contribution in [0.3, 0.4) is 0 Å². The smallest absolute Gasteiger partial charge is 0.408 e. The number of carbonyl (C=O) groups is 2. The number of carbonyl (C=O) groups excluding carboxylic acids is 2. The van der Waals surface area contributed by atoms with Crippen LogP contribution in [0.2, 0.25) is 0 Å². The predicted molar refractivity (Wildman–Crippen MR) is 84.9 cm³/mol. The van der Waals surface area contributed by atoms with E-state index < -0.39 is 17.2 Å². The van der Waals surface area contributed by atoms with Crippen LogP contribution in [0.5, 0.6) is 0 Å². The van der Waals surface area contributed by atoms with Crippen molar-refractivity contribution in [3.05, 3.63) is 35.4 Å². The van der Waals surface area contributed by atoms with E-state index in [1.165, 1.54) is 7.11 Å². The first kappa shape index (κ1) is 18.0. The van der Waals surface area contributed by atoms with Gasteiger partial charge in [0.05, 0.1) is 12.7 Å². The molecular weight excluding hydrogens is 282 g/mol. The van der Waals surface area contributed by atoms with E-state index >= 15 is 0 Å². The number of rotatable bonds is 4. The van der Waals surface area contributed by atoms with Crippen LogP contribution in [0, 0.1) is 0 Å². The first-order valence-electron chi connectivity index (χ1n) is 7.21. The minimum atomic E-state index is -0.537. The molecule has 1 amide bonds. The van der Waals surface area contributed by atoms with Gasteiger partial charge >= 0.3 is 12.1 Å². The standard InChI is InChI=1S/C17H25NO4/c1-16(2,3)22-15(20)18-17(4,5)11-12-8-7-9-13(10-12)14(19)21-6/h7-10H,11H2,1-6H3,(H,18,20). The number of esters is 1. The van der Waals surface area contributed by atoms with Crippen molar-refractivity contribution in [3.63, 3.8) is 0 Å². The summed E-state index contributed by atoms with van der Waals surface area (Å²) in [5.74, 6) is -0.375. The molecule has 22 heavy (non-hydrogen) atoms. The number of benzene rings is 1. The average molecular weight is 307 g/mol. The fourth-order valence-electron chi connectivity index (χ4n) is 2.06. The Balaban J connectivity index is 2.76. The van der Waals surface area contributed by atoms with E-state index in [2.05, 4.69) is 5.32 Å². The second-order valence-corrected chi connectivity index (χ2v) is 6.88. The van der Waals surface area contributed by atoms with Gasteiger partial charge in [0.25, 0.3) is 0 Å². The fourth-order valence-corrected chi connectivity index (χ4v) is 2.06. The quantitative estimate of drug-likeness (QED) is 0.867. The third kappa shape index (κ3) is 6.16. The molecule has 0 aliphatic carbocycles. The molecule has 0 bridgehead atoms. The largest absolute Gasteiger partial charge is 0.465 e. The van der Waals surface area contributed by atoms with E-state index in [0.717, 1.165) is 5.56 Å². The van der Waals surface area contributed by atoms with Crippen molar-refractivity contribution in [3.8, 4) is 0 Å². The van der Waals surface area contributed by atoms with Gasteiger partial charge < -0.3 is 14.8 Å². The molecule has 0 saturated carbocycles. The van der Waals surface area contributed by atoms with E-state index in [1.807, 2.05) is 40.7 Å². The van der Waals surface area contributed by atoms with Crippen LogP contribution < -0.4 is 5.32 Å². The Hall–Kier alpha value is -2.04. The second-order valence-electron chi connectivity index (χ2n) is 6.88. The summed E-state index contributed by atoms with van der Waals surface area (Å²) in [6, 6.07) is 7.17. The summed E-state index contributed by atoms with van der Waals surface area (Å²) in [4.78, 5) is 23.4. The van der Waals surface area contributed by atoms with E-state index in [9.17, 15) is 9.59 Å². The van der Waals surface area contributed by atoms with Crippen molar-refractivity contribution in [2.24, 2.45) is 0 Å². The summed E-state index contributed by atoms with van der Waals surface area (Å²) in [6.45, 7) is 9.27. The van der Waals surface area contributed by atoms with Crippen LogP contribution >= 0.6 is 0 Å². The zero-order chi connectivity index (χ0) is 17.0. The Labute approximate surface area is 132 Å². The third-order valence-corrected chi connectivity index (χ3v) is 2.83. The molecule has 122 valence electrons. The van der Waals surface area contributed by atoms with Gasteiger partial charge in [0.1, 0.15) is 5.60 Å². The molecule has 1 aromatic carbocycles. The Morgan fingerprint density at radius 2 is 1.77 bits per heavy atom. The highest BCUT2D eigenvalue weighted by molar-refractivity contribution is 5.89. The zero-order valence-electron chi connectivity index (χ0n) is 14.1. The molecule has 0 spiro atoms. The monoisotopic (exact) mass is 307 g/mol. The van der Waals surface area contributed by atoms with Crippen LogP contribution in [0.15, 0.2) is 24.3 Å². The van der Waals surface area contributed by atoms with Crippen molar-refractivity contribution in [2.45, 2.75) is 52.2 Å². The lowest BCUT2D eigenvalue weighted by Crippen LogP contribution is -2.47. The lowest BCUT2D eigenvalue weighted by molar-refractivity contribution is 0.0471. The number of methoxy groups -OCH3 is 1. The zero-order valence-corrected chi connectivity index (χ0v) is 14.1. The molecule has 5 heteroatoms. The summed E-state index contributed by atoms with van der Waals surface area (Å²) in [5, 5.41) is 2.85. The normalized spacial score (nSPS) is 11.7. The molecular formula is C17H25NO4. The lowest BCUT2D eigenvalue weighted by Gasteiger charge is -2.28. The molecule has 1 rings (SSSR count). The van der Waals surface area contributed by atoms with Gasteiger partial charge in [-0.3, -0.25) is 0 Å². The molecule has 0 aliphatic heterocycles. The molecule has 0 saturated heterocycles. The molecule has 1 aromatic rings. The van der Waals surface area contributed by atoms with Gasteiger partial charge in [0, 0.05) is 5.54 Å². The van der Waals surface area contributed by atoms with Gasteiger partial charge in [0.15, 0.2) is 0 Å². The van der Waals surface area contributed by atoms with E-state index in [0.29, 0.717) is 12.0 Å². The van der Waals surface area contributed by atoms with Crippen LogP contribution in [-0.4, -0.2) is 30.3 Å². The third-order valence-electron chi connectivity index (χ3n) is 2.83. The topological polar surface area (TPSA) is 64.6 Å². The molecule has 1 N–H and O–H groups in total. The Kier molecular flexibility index (Phi) is 5.58. The first-order chi connectivity index (χ1) is 10.0. The summed E-state index contributed by atoms with van der Waals surface area (Å²) >= 11 is 0. The fraction of sp³-hybridized carbons (Fsp3) is 0.529. The highest BCUT2D eigenvalue weighted by atomic mass is 16.6. The maximum atomic E-state index is 11.9. The number of alkyl carbamates (subject to hydrolysis) is 1. The van der Waals surface area contributed by atoms with Gasteiger partial charge in [-0.2, -0.15) is 0 Å². The number of hydrogen-bond acceptors (Lipinski definition) is 4. The van der Waals surface area contributed by atoms with Gasteiger partial charge in [-0.1, -0.05) is 12.1 Å². The number of amides is 1. The molecule has 0 fully saturated rings. The highest BCUT2D eigenvalue weighted by Crippen LogP contribution is 2.16. The number of nitrogens with one attached hydrogen (secondary N) is 1. The molecule has 0 atom stereocenters. The van der Waals surface area contributed by atoms with Crippen molar-refractivity contribution in [1.29, 1.82) is 0 Å². The van der Waals surface area contributed by atoms with Crippen molar-refractivity contribution in [1.82, 2.24) is 5.32 Å². The molecule has 0 radical (unpaired) electrons. The lowest BCUT2D eigenvalue weighted by atomic mass is 9.94. The van der Waals surface area contributed by atoms with Crippen molar-refractivity contribution in [2.75, 3.05) is 7.11 Å². The minimum absolute atomic E-state index is 0.375. The van der Waals surface area contributed by atoms with Crippen LogP contribution in [0.4, 0.5) is 4.79 Å². The van der Waals surface area contributed by atoms with Gasteiger partial charge in [-0.05, 0) is 58.7 Å². The molecule has 0 unspecified atom stereocenters. The van der Waals surface area contributed by atoms with Gasteiger partial charge in [-0.15, -0.1) is 0 Å². The minimum Gasteiger partial charge on any atom is -0.465 e. The maximum Gasteiger partial charge on any atom is 0.408 e. The average Bonchev–Trinajstić information content (AvgIpc) is 2.34. The second kappa shape index (κ2) is 6.81. The Morgan fingerprint density at radius 1 is 1.14 bits per heavy atom. The van der Waals surface area contributed by atoms with Gasteiger partial charge in [-0.25, -0.2) is 9.59 Å². The first-order valence-corrected chi connectivity index (χ1v) is 7.21. The van der Waals surface area contributed by atoms with Gasteiger partial charge in [0.2, 0.25) is 0 Å². The summed E-state index contributed by atoms with van der Waals surface area (Å²) in [6.07, 6.45) is 0.110. The van der Waals surface area contributed by atoms with Crippen molar-refractivity contribution < 1.29 is 19.1 Å². The van der Waals surface area contributed by atoms with Crippen molar-refractivity contribution >= 4 is 12.1 Å². The predicted octanol–water partition coefficient (Wildman–Crippen LogP) is 3.32. The van der Waals surface area contributed by atoms with E-state index in [1.54, 1.807) is 18.2 Å². The van der Waals surface area contributed by atoms with Crippen LogP contribution in [0.25, 0.3) is 0 Å². The maximum absolute atomic E-state index is 11.9. The van der Waals surface area contributed by atoms with E-state index in [-0.39, 0.29) is 5.97 Å². The Bertz CT molecular complexity index is 544. The molecule has 0 heterocycles. The van der Waals surface area contributed by atoms with E-state index in [4.69, 9.17) is 9.47 Å². The summed E-state index contributed by atoms with van der Waals surface area (Å²) in [5.41, 5.74) is 0.388. The number of ether oxygens (including phenoxy) is 2. The molecule has 5 nitrogen and oxygen atoms in total. The molecule has 0 aromatic heterocycles. The summed E-state index contributed by atoms with van der Waals surface area (Å²) < 4.78 is 9.98.